The zero-order valence-corrected chi connectivity index (χ0v) is 9.35. The van der Waals surface area contributed by atoms with E-state index in [1.807, 2.05) is 13.8 Å². The Hall–Kier alpha value is -0.650. The molecule has 88 valence electrons. The Labute approximate surface area is 90.2 Å². The monoisotopic (exact) mass is 216 g/mol. The van der Waals surface area contributed by atoms with Crippen LogP contribution in [0.25, 0.3) is 0 Å². The van der Waals surface area contributed by atoms with Crippen LogP contribution in [0.3, 0.4) is 0 Å². The molecule has 1 amide bonds. The van der Waals surface area contributed by atoms with Crippen molar-refractivity contribution in [2.45, 2.75) is 26.0 Å². The van der Waals surface area contributed by atoms with Crippen molar-refractivity contribution in [3.8, 4) is 0 Å². The Morgan fingerprint density at radius 2 is 2.40 bits per heavy atom. The number of rotatable bonds is 4. The second kappa shape index (κ2) is 5.44. The van der Waals surface area contributed by atoms with Crippen molar-refractivity contribution in [2.24, 2.45) is 11.7 Å². The van der Waals surface area contributed by atoms with E-state index in [0.29, 0.717) is 19.7 Å². The molecule has 0 radical (unpaired) electrons. The molecule has 0 aromatic rings. The van der Waals surface area contributed by atoms with Gasteiger partial charge in [-0.2, -0.15) is 0 Å². The van der Waals surface area contributed by atoms with Gasteiger partial charge in [-0.05, 0) is 6.92 Å². The van der Waals surface area contributed by atoms with Crippen LogP contribution in [0.5, 0.6) is 0 Å². The van der Waals surface area contributed by atoms with Gasteiger partial charge in [-0.1, -0.05) is 6.92 Å². The molecular formula is C10H20N2O3. The summed E-state index contributed by atoms with van der Waals surface area (Å²) in [6.07, 6.45) is -0.138. The summed E-state index contributed by atoms with van der Waals surface area (Å²) in [6, 6.07) is 0.273. The van der Waals surface area contributed by atoms with E-state index in [0.717, 1.165) is 0 Å². The van der Waals surface area contributed by atoms with E-state index in [2.05, 4.69) is 4.90 Å². The van der Waals surface area contributed by atoms with Gasteiger partial charge in [0.1, 0.15) is 0 Å². The number of aliphatic hydroxyl groups is 1. The van der Waals surface area contributed by atoms with Gasteiger partial charge in [-0.25, -0.2) is 0 Å². The first-order valence-electron chi connectivity index (χ1n) is 5.30. The minimum Gasteiger partial charge on any atom is -0.394 e. The number of carbonyl (C=O) groups excluding carboxylic acids is 1. The Kier molecular flexibility index (Phi) is 4.50. The Bertz CT molecular complexity index is 223. The zero-order chi connectivity index (χ0) is 11.4. The van der Waals surface area contributed by atoms with Gasteiger partial charge < -0.3 is 15.6 Å². The molecule has 0 aromatic carbocycles. The molecule has 1 aliphatic rings. The number of primary amides is 1. The van der Waals surface area contributed by atoms with E-state index in [1.165, 1.54) is 0 Å². The number of hydrogen-bond donors (Lipinski definition) is 2. The van der Waals surface area contributed by atoms with Crippen LogP contribution in [0.15, 0.2) is 0 Å². The summed E-state index contributed by atoms with van der Waals surface area (Å²) in [5.41, 5.74) is 5.22. The van der Waals surface area contributed by atoms with Gasteiger partial charge in [0.2, 0.25) is 5.91 Å². The van der Waals surface area contributed by atoms with Crippen LogP contribution in [-0.4, -0.2) is 54.4 Å². The number of ether oxygens (including phenoxy) is 1. The van der Waals surface area contributed by atoms with Crippen LogP contribution in [-0.2, 0) is 9.53 Å². The molecule has 3 unspecified atom stereocenters. The van der Waals surface area contributed by atoms with Crippen molar-refractivity contribution in [1.29, 1.82) is 0 Å². The first-order chi connectivity index (χ1) is 7.04. The summed E-state index contributed by atoms with van der Waals surface area (Å²) >= 11 is 0. The van der Waals surface area contributed by atoms with Crippen LogP contribution in [0.4, 0.5) is 0 Å². The molecule has 0 aromatic heterocycles. The van der Waals surface area contributed by atoms with E-state index in [1.54, 1.807) is 0 Å². The van der Waals surface area contributed by atoms with Gasteiger partial charge in [0.05, 0.1) is 19.3 Å². The summed E-state index contributed by atoms with van der Waals surface area (Å²) in [4.78, 5) is 13.1. The molecule has 5 nitrogen and oxygen atoms in total. The molecule has 1 heterocycles. The lowest BCUT2D eigenvalue weighted by atomic mass is 10.1. The van der Waals surface area contributed by atoms with E-state index in [-0.39, 0.29) is 30.6 Å². The highest BCUT2D eigenvalue weighted by Gasteiger charge is 2.27. The Balaban J connectivity index is 2.47. The van der Waals surface area contributed by atoms with Gasteiger partial charge >= 0.3 is 0 Å². The summed E-state index contributed by atoms with van der Waals surface area (Å²) in [6.45, 7) is 5.77. The molecule has 1 aliphatic heterocycles. The number of morpholine rings is 1. The summed E-state index contributed by atoms with van der Waals surface area (Å²) in [5.74, 6) is -0.445. The minimum atomic E-state index is -0.283. The van der Waals surface area contributed by atoms with Crippen molar-refractivity contribution >= 4 is 5.91 Å². The normalized spacial score (nSPS) is 30.1. The minimum absolute atomic E-state index is 0.0220. The van der Waals surface area contributed by atoms with E-state index in [9.17, 15) is 4.79 Å². The second-order valence-corrected chi connectivity index (χ2v) is 4.24. The van der Waals surface area contributed by atoms with Crippen molar-refractivity contribution in [1.82, 2.24) is 4.90 Å². The molecule has 3 atom stereocenters. The highest BCUT2D eigenvalue weighted by atomic mass is 16.5. The van der Waals surface area contributed by atoms with Crippen molar-refractivity contribution < 1.29 is 14.6 Å². The smallest absolute Gasteiger partial charge is 0.221 e. The van der Waals surface area contributed by atoms with Gasteiger partial charge in [-0.15, -0.1) is 0 Å². The zero-order valence-electron chi connectivity index (χ0n) is 9.35. The third kappa shape index (κ3) is 3.44. The number of nitrogens with two attached hydrogens (primary N) is 1. The lowest BCUT2D eigenvalue weighted by Crippen LogP contribution is -2.51. The lowest BCUT2D eigenvalue weighted by Gasteiger charge is -2.38. The molecule has 3 N–H and O–H groups in total. The average molecular weight is 216 g/mol. The van der Waals surface area contributed by atoms with Crippen LogP contribution >= 0.6 is 0 Å². The largest absolute Gasteiger partial charge is 0.394 e. The number of amides is 1. The number of aliphatic hydroxyl groups excluding tert-OH is 1. The van der Waals surface area contributed by atoms with E-state index < -0.39 is 0 Å². The van der Waals surface area contributed by atoms with Crippen molar-refractivity contribution in [3.05, 3.63) is 0 Å². The number of hydrogen-bond acceptors (Lipinski definition) is 4. The number of nitrogens with zero attached hydrogens (tertiary/aromatic N) is 1. The maximum atomic E-state index is 10.9. The maximum absolute atomic E-state index is 10.9. The molecule has 0 saturated carbocycles. The summed E-state index contributed by atoms with van der Waals surface area (Å²) in [5, 5.41) is 9.00. The molecule has 5 heteroatoms. The lowest BCUT2D eigenvalue weighted by molar-refractivity contribution is -0.124. The highest BCUT2D eigenvalue weighted by molar-refractivity contribution is 5.76. The molecular weight excluding hydrogens is 196 g/mol. The van der Waals surface area contributed by atoms with E-state index in [4.69, 9.17) is 15.6 Å². The second-order valence-electron chi connectivity index (χ2n) is 4.24. The first kappa shape index (κ1) is 12.4. The Morgan fingerprint density at radius 3 is 2.93 bits per heavy atom. The fraction of sp³-hybridized carbons (Fsp3) is 0.900. The average Bonchev–Trinajstić information content (AvgIpc) is 2.21. The molecule has 1 saturated heterocycles. The molecule has 15 heavy (non-hydrogen) atoms. The van der Waals surface area contributed by atoms with Gasteiger partial charge in [0.25, 0.3) is 0 Å². The molecule has 1 fully saturated rings. The first-order valence-corrected chi connectivity index (χ1v) is 5.30. The van der Waals surface area contributed by atoms with Crippen LogP contribution in [0, 0.1) is 5.92 Å². The molecule has 0 aliphatic carbocycles. The number of carbonyl (C=O) groups is 1. The van der Waals surface area contributed by atoms with Gasteiger partial charge in [0, 0.05) is 25.0 Å². The van der Waals surface area contributed by atoms with Crippen LogP contribution in [0.1, 0.15) is 13.8 Å². The third-order valence-electron chi connectivity index (χ3n) is 2.83. The standard InChI is InChI=1S/C10H20N2O3/c1-7(10(11)14)3-12-4-9(5-13)15-6-8(12)2/h7-9,13H,3-6H2,1-2H3,(H2,11,14). The van der Waals surface area contributed by atoms with Crippen molar-refractivity contribution in [2.75, 3.05) is 26.3 Å². The van der Waals surface area contributed by atoms with Gasteiger partial charge in [-0.3, -0.25) is 9.69 Å². The van der Waals surface area contributed by atoms with Gasteiger partial charge in [0.15, 0.2) is 0 Å². The topological polar surface area (TPSA) is 75.8 Å². The van der Waals surface area contributed by atoms with E-state index >= 15 is 0 Å². The fourth-order valence-electron chi connectivity index (χ4n) is 1.68. The molecule has 1 rings (SSSR count). The summed E-state index contributed by atoms with van der Waals surface area (Å²) < 4.78 is 5.40. The SMILES string of the molecule is CC(CN1CC(CO)OCC1C)C(N)=O. The predicted molar refractivity (Wildman–Crippen MR) is 56.2 cm³/mol. The maximum Gasteiger partial charge on any atom is 0.221 e. The third-order valence-corrected chi connectivity index (χ3v) is 2.83. The predicted octanol–water partition coefficient (Wildman–Crippen LogP) is -0.811. The fourth-order valence-corrected chi connectivity index (χ4v) is 1.68. The molecule has 0 spiro atoms. The van der Waals surface area contributed by atoms with Crippen LogP contribution in [0.2, 0.25) is 0 Å². The quantitative estimate of drug-likeness (QED) is 0.644. The van der Waals surface area contributed by atoms with Crippen molar-refractivity contribution in [3.63, 3.8) is 0 Å². The Morgan fingerprint density at radius 1 is 1.73 bits per heavy atom. The molecule has 0 bridgehead atoms. The van der Waals surface area contributed by atoms with Crippen LogP contribution < -0.4 is 5.73 Å². The highest BCUT2D eigenvalue weighted by Crippen LogP contribution is 2.13. The summed E-state index contributed by atoms with van der Waals surface area (Å²) in [7, 11) is 0.